The molecule has 0 N–H and O–H groups in total. The predicted octanol–water partition coefficient (Wildman–Crippen LogP) is 11.9. The minimum atomic E-state index is 0.665. The number of rotatable bonds is 4. The van der Waals surface area contributed by atoms with E-state index in [0.717, 1.165) is 83.1 Å². The molecular formula is C46H28N4O. The molecule has 0 spiro atoms. The van der Waals surface area contributed by atoms with Gasteiger partial charge in [-0.1, -0.05) is 133 Å². The largest absolute Gasteiger partial charge is 0.454 e. The summed E-state index contributed by atoms with van der Waals surface area (Å²) in [5, 5.41) is 6.80. The van der Waals surface area contributed by atoms with Crippen molar-refractivity contribution in [2.24, 2.45) is 0 Å². The molecule has 0 aliphatic carbocycles. The maximum Gasteiger partial charge on any atom is 0.162 e. The highest BCUT2D eigenvalue weighted by molar-refractivity contribution is 6.39. The fourth-order valence-electron chi connectivity index (χ4n) is 7.99. The maximum atomic E-state index is 6.99. The Morgan fingerprint density at radius 3 is 1.73 bits per heavy atom. The van der Waals surface area contributed by atoms with E-state index in [1.54, 1.807) is 0 Å². The van der Waals surface area contributed by atoms with Crippen LogP contribution in [0.4, 0.5) is 0 Å². The zero-order valence-electron chi connectivity index (χ0n) is 27.4. The Kier molecular flexibility index (Phi) is 5.89. The lowest BCUT2D eigenvalue weighted by atomic mass is 10.0. The standard InChI is InChI=1S/C46H28N4O/c1-4-16-29(17-5-1)35-28-39(48-46(47-35)30-18-6-2-7-19-30)50-37-26-14-11-23-33(37)42-43-40(41-34-24-12-15-27-38(34)51-45(41)44(42)50)32-22-10-13-25-36(32)49(43)31-20-8-3-9-21-31/h1-28H. The molecule has 4 aromatic heterocycles. The molecule has 0 radical (unpaired) electrons. The van der Waals surface area contributed by atoms with Crippen LogP contribution in [-0.2, 0) is 0 Å². The SMILES string of the molecule is c1ccc(-c2cc(-n3c4ccccc4c4c3c3oc5ccccc5c3c3c5ccccc5n(-c5ccccc5)c34)nc(-c3ccccc3)n2)cc1. The van der Waals surface area contributed by atoms with E-state index in [1.807, 2.05) is 30.3 Å². The van der Waals surface area contributed by atoms with Gasteiger partial charge in [-0.05, 0) is 30.3 Å². The second-order valence-corrected chi connectivity index (χ2v) is 13.0. The average molecular weight is 653 g/mol. The zero-order chi connectivity index (χ0) is 33.5. The van der Waals surface area contributed by atoms with Gasteiger partial charge < -0.3 is 8.98 Å². The van der Waals surface area contributed by atoms with Crippen LogP contribution in [0.1, 0.15) is 0 Å². The molecule has 11 aromatic rings. The van der Waals surface area contributed by atoms with Gasteiger partial charge in [0.2, 0.25) is 0 Å². The quantitative estimate of drug-likeness (QED) is 0.190. The third kappa shape index (κ3) is 4.03. The fraction of sp³-hybridized carbons (Fsp3) is 0. The molecule has 0 amide bonds. The van der Waals surface area contributed by atoms with E-state index in [-0.39, 0.29) is 0 Å². The van der Waals surface area contributed by atoms with Gasteiger partial charge in [0, 0.05) is 55.2 Å². The predicted molar refractivity (Wildman–Crippen MR) is 209 cm³/mol. The summed E-state index contributed by atoms with van der Waals surface area (Å²) < 4.78 is 11.7. The van der Waals surface area contributed by atoms with Gasteiger partial charge in [0.15, 0.2) is 11.4 Å². The van der Waals surface area contributed by atoms with Crippen LogP contribution in [0.3, 0.4) is 0 Å². The summed E-state index contributed by atoms with van der Waals surface area (Å²) in [6, 6.07) is 59.1. The van der Waals surface area contributed by atoms with Crippen LogP contribution in [0.25, 0.3) is 99.7 Å². The Bertz CT molecular complexity index is 3060. The Hall–Kier alpha value is -6.98. The lowest BCUT2D eigenvalue weighted by molar-refractivity contribution is 0.671. The minimum absolute atomic E-state index is 0.665. The van der Waals surface area contributed by atoms with E-state index >= 15 is 0 Å². The highest BCUT2D eigenvalue weighted by atomic mass is 16.3. The summed E-state index contributed by atoms with van der Waals surface area (Å²) in [7, 11) is 0. The maximum absolute atomic E-state index is 6.99. The van der Waals surface area contributed by atoms with Crippen molar-refractivity contribution < 1.29 is 4.42 Å². The number of nitrogens with zero attached hydrogens (tertiary/aromatic N) is 4. The Morgan fingerprint density at radius 2 is 1.00 bits per heavy atom. The second-order valence-electron chi connectivity index (χ2n) is 13.0. The molecule has 11 rings (SSSR count). The van der Waals surface area contributed by atoms with Crippen molar-refractivity contribution in [2.45, 2.75) is 0 Å². The minimum Gasteiger partial charge on any atom is -0.454 e. The van der Waals surface area contributed by atoms with E-state index in [9.17, 15) is 0 Å². The molecule has 5 heteroatoms. The first-order chi connectivity index (χ1) is 25.3. The summed E-state index contributed by atoms with van der Waals surface area (Å²) in [5.41, 5.74) is 9.95. The van der Waals surface area contributed by atoms with Crippen LogP contribution in [0.15, 0.2) is 174 Å². The number of aromatic nitrogens is 4. The zero-order valence-corrected chi connectivity index (χ0v) is 27.4. The topological polar surface area (TPSA) is 48.8 Å². The normalized spacial score (nSPS) is 11.9. The molecule has 7 aromatic carbocycles. The lowest BCUT2D eigenvalue weighted by Crippen LogP contribution is -2.02. The molecule has 0 bridgehead atoms. The molecule has 0 atom stereocenters. The van der Waals surface area contributed by atoms with Gasteiger partial charge in [0.1, 0.15) is 16.9 Å². The van der Waals surface area contributed by atoms with Crippen LogP contribution in [0.2, 0.25) is 0 Å². The van der Waals surface area contributed by atoms with Crippen LogP contribution in [0.5, 0.6) is 0 Å². The lowest BCUT2D eigenvalue weighted by Gasteiger charge is -2.13. The highest BCUT2D eigenvalue weighted by Gasteiger charge is 2.28. The fourth-order valence-corrected chi connectivity index (χ4v) is 7.99. The van der Waals surface area contributed by atoms with Crippen molar-refractivity contribution in [2.75, 3.05) is 0 Å². The van der Waals surface area contributed by atoms with Gasteiger partial charge in [-0.2, -0.15) is 0 Å². The first-order valence-corrected chi connectivity index (χ1v) is 17.2. The summed E-state index contributed by atoms with van der Waals surface area (Å²) in [5.74, 6) is 1.44. The van der Waals surface area contributed by atoms with E-state index in [0.29, 0.717) is 5.82 Å². The number of fused-ring (bicyclic) bond motifs is 12. The molecule has 0 saturated carbocycles. The monoisotopic (exact) mass is 652 g/mol. The summed E-state index contributed by atoms with van der Waals surface area (Å²) in [4.78, 5) is 10.5. The van der Waals surface area contributed by atoms with Crippen molar-refractivity contribution in [1.29, 1.82) is 0 Å². The van der Waals surface area contributed by atoms with Gasteiger partial charge in [0.25, 0.3) is 0 Å². The second kappa shape index (κ2) is 10.8. The summed E-state index contributed by atoms with van der Waals surface area (Å²) in [6.07, 6.45) is 0. The number of hydrogen-bond donors (Lipinski definition) is 0. The molecular weight excluding hydrogens is 625 g/mol. The van der Waals surface area contributed by atoms with Crippen molar-refractivity contribution >= 4 is 65.6 Å². The Labute approximate surface area is 292 Å². The highest BCUT2D eigenvalue weighted by Crippen LogP contribution is 2.49. The third-order valence-electron chi connectivity index (χ3n) is 10.1. The van der Waals surface area contributed by atoms with E-state index in [2.05, 4.69) is 149 Å². The van der Waals surface area contributed by atoms with E-state index in [1.165, 1.54) is 10.8 Å². The number of hydrogen-bond acceptors (Lipinski definition) is 3. The molecule has 238 valence electrons. The van der Waals surface area contributed by atoms with Gasteiger partial charge >= 0.3 is 0 Å². The summed E-state index contributed by atoms with van der Waals surface area (Å²) in [6.45, 7) is 0. The molecule has 5 nitrogen and oxygen atoms in total. The summed E-state index contributed by atoms with van der Waals surface area (Å²) >= 11 is 0. The molecule has 0 saturated heterocycles. The molecule has 4 heterocycles. The van der Waals surface area contributed by atoms with Crippen molar-refractivity contribution in [3.8, 4) is 34.2 Å². The van der Waals surface area contributed by atoms with Crippen LogP contribution in [-0.4, -0.2) is 19.1 Å². The number of para-hydroxylation sites is 4. The van der Waals surface area contributed by atoms with Crippen LogP contribution < -0.4 is 0 Å². The smallest absolute Gasteiger partial charge is 0.162 e. The average Bonchev–Trinajstić information content (AvgIpc) is 3.87. The molecule has 0 fully saturated rings. The number of benzene rings is 7. The van der Waals surface area contributed by atoms with Gasteiger partial charge in [0.05, 0.1) is 22.2 Å². The van der Waals surface area contributed by atoms with Crippen LogP contribution in [0, 0.1) is 0 Å². The Morgan fingerprint density at radius 1 is 0.431 bits per heavy atom. The van der Waals surface area contributed by atoms with Gasteiger partial charge in [-0.15, -0.1) is 0 Å². The van der Waals surface area contributed by atoms with Crippen molar-refractivity contribution in [1.82, 2.24) is 19.1 Å². The third-order valence-corrected chi connectivity index (χ3v) is 10.1. The first kappa shape index (κ1) is 27.9. The van der Waals surface area contributed by atoms with Crippen LogP contribution >= 0.6 is 0 Å². The first-order valence-electron chi connectivity index (χ1n) is 17.2. The van der Waals surface area contributed by atoms with Gasteiger partial charge in [-0.25, -0.2) is 9.97 Å². The van der Waals surface area contributed by atoms with E-state index in [4.69, 9.17) is 14.4 Å². The van der Waals surface area contributed by atoms with Crippen molar-refractivity contribution in [3.63, 3.8) is 0 Å². The Balaban J connectivity index is 1.40. The van der Waals surface area contributed by atoms with E-state index < -0.39 is 0 Å². The van der Waals surface area contributed by atoms with Crippen molar-refractivity contribution in [3.05, 3.63) is 170 Å². The number of furan rings is 1. The molecule has 51 heavy (non-hydrogen) atoms. The van der Waals surface area contributed by atoms with Gasteiger partial charge in [-0.3, -0.25) is 4.57 Å². The molecule has 0 aliphatic heterocycles. The molecule has 0 unspecified atom stereocenters. The molecule has 0 aliphatic rings.